The Morgan fingerprint density at radius 3 is 2.00 bits per heavy atom. The second kappa shape index (κ2) is 5.59. The molecule has 1 aliphatic carbocycles. The minimum absolute atomic E-state index is 0.237. The van der Waals surface area contributed by atoms with Gasteiger partial charge in [-0.3, -0.25) is 0 Å². The van der Waals surface area contributed by atoms with Crippen molar-refractivity contribution in [3.05, 3.63) is 0 Å². The minimum Gasteiger partial charge on any atom is -0.313 e. The Hall–Kier alpha value is -0.250. The summed E-state index contributed by atoms with van der Waals surface area (Å²) in [7, 11) is 0. The van der Waals surface area contributed by atoms with Gasteiger partial charge in [-0.1, -0.05) is 20.8 Å². The van der Waals surface area contributed by atoms with E-state index in [0.717, 1.165) is 13.0 Å². The van der Waals surface area contributed by atoms with Crippen molar-refractivity contribution in [1.82, 2.24) is 5.32 Å². The number of hydrogen-bond donors (Lipinski definition) is 1. The van der Waals surface area contributed by atoms with Crippen LogP contribution in [0.4, 0.5) is 13.2 Å². The highest BCUT2D eigenvalue weighted by atomic mass is 19.4. The molecule has 0 aromatic carbocycles. The lowest BCUT2D eigenvalue weighted by molar-refractivity contribution is -0.182. The Bertz CT molecular complexity index is 227. The van der Waals surface area contributed by atoms with Crippen LogP contribution < -0.4 is 5.32 Å². The maximum absolute atomic E-state index is 12.5. The molecule has 0 unspecified atom stereocenters. The third-order valence-electron chi connectivity index (χ3n) is 4.02. The Labute approximate surface area is 102 Å². The minimum atomic E-state index is -3.99. The van der Waals surface area contributed by atoms with Gasteiger partial charge in [0.15, 0.2) is 0 Å². The fourth-order valence-corrected chi connectivity index (χ4v) is 2.17. The van der Waals surface area contributed by atoms with Crippen molar-refractivity contribution in [2.45, 2.75) is 65.1 Å². The van der Waals surface area contributed by atoms with E-state index in [-0.39, 0.29) is 24.3 Å². The van der Waals surface area contributed by atoms with Gasteiger partial charge in [0.05, 0.1) is 5.92 Å². The number of rotatable bonds is 4. The van der Waals surface area contributed by atoms with Crippen LogP contribution in [-0.2, 0) is 0 Å². The first-order valence-corrected chi connectivity index (χ1v) is 6.55. The summed E-state index contributed by atoms with van der Waals surface area (Å²) in [5.41, 5.74) is 0.237. The summed E-state index contributed by atoms with van der Waals surface area (Å²) in [5, 5.41) is 3.42. The molecule has 1 rings (SSSR count). The standard InChI is InChI=1S/C13H24F3N/c1-4-12(2,3)9-17-11-7-5-10(6-8-11)13(14,15)16/h10-11,17H,4-9H2,1-3H3. The lowest BCUT2D eigenvalue weighted by Gasteiger charge is -2.33. The van der Waals surface area contributed by atoms with Gasteiger partial charge in [-0.15, -0.1) is 0 Å². The van der Waals surface area contributed by atoms with E-state index in [1.807, 2.05) is 0 Å². The van der Waals surface area contributed by atoms with Crippen LogP contribution >= 0.6 is 0 Å². The summed E-state index contributed by atoms with van der Waals surface area (Å²) in [6, 6.07) is 0.277. The summed E-state index contributed by atoms with van der Waals surface area (Å²) in [5.74, 6) is -1.07. The molecule has 1 nitrogen and oxygen atoms in total. The zero-order chi connectivity index (χ0) is 13.1. The van der Waals surface area contributed by atoms with Gasteiger partial charge in [0, 0.05) is 12.6 Å². The van der Waals surface area contributed by atoms with Gasteiger partial charge in [0.2, 0.25) is 0 Å². The van der Waals surface area contributed by atoms with E-state index in [1.165, 1.54) is 0 Å². The van der Waals surface area contributed by atoms with Crippen LogP contribution in [0.3, 0.4) is 0 Å². The number of halogens is 3. The molecule has 0 saturated heterocycles. The van der Waals surface area contributed by atoms with Crippen LogP contribution in [0.5, 0.6) is 0 Å². The van der Waals surface area contributed by atoms with Crippen molar-refractivity contribution in [3.63, 3.8) is 0 Å². The van der Waals surface area contributed by atoms with Gasteiger partial charge < -0.3 is 5.32 Å². The molecular weight excluding hydrogens is 227 g/mol. The van der Waals surface area contributed by atoms with E-state index in [4.69, 9.17) is 0 Å². The summed E-state index contributed by atoms with van der Waals surface area (Å²) in [4.78, 5) is 0. The molecule has 0 bridgehead atoms. The van der Waals surface area contributed by atoms with Crippen LogP contribution in [-0.4, -0.2) is 18.8 Å². The van der Waals surface area contributed by atoms with E-state index >= 15 is 0 Å². The van der Waals surface area contributed by atoms with Gasteiger partial charge in [-0.05, 0) is 37.5 Å². The van der Waals surface area contributed by atoms with Crippen LogP contribution in [0.25, 0.3) is 0 Å². The van der Waals surface area contributed by atoms with Crippen molar-refractivity contribution in [2.75, 3.05) is 6.54 Å². The first kappa shape index (κ1) is 14.8. The number of alkyl halides is 3. The third kappa shape index (κ3) is 4.86. The van der Waals surface area contributed by atoms with Crippen molar-refractivity contribution in [1.29, 1.82) is 0 Å². The zero-order valence-corrected chi connectivity index (χ0v) is 11.0. The van der Waals surface area contributed by atoms with Gasteiger partial charge in [-0.2, -0.15) is 13.2 Å². The van der Waals surface area contributed by atoms with Crippen molar-refractivity contribution >= 4 is 0 Å². The van der Waals surface area contributed by atoms with E-state index in [2.05, 4.69) is 26.1 Å². The number of nitrogens with one attached hydrogen (secondary N) is 1. The Balaban J connectivity index is 2.29. The van der Waals surface area contributed by atoms with Crippen molar-refractivity contribution < 1.29 is 13.2 Å². The van der Waals surface area contributed by atoms with Gasteiger partial charge >= 0.3 is 6.18 Å². The highest BCUT2D eigenvalue weighted by Crippen LogP contribution is 2.37. The molecule has 1 fully saturated rings. The van der Waals surface area contributed by atoms with Crippen LogP contribution in [0.2, 0.25) is 0 Å². The second-order valence-electron chi connectivity index (χ2n) is 5.99. The first-order chi connectivity index (χ1) is 7.74. The zero-order valence-electron chi connectivity index (χ0n) is 11.0. The molecule has 0 heterocycles. The molecule has 0 atom stereocenters. The number of hydrogen-bond acceptors (Lipinski definition) is 1. The molecule has 0 aliphatic heterocycles. The topological polar surface area (TPSA) is 12.0 Å². The first-order valence-electron chi connectivity index (χ1n) is 6.55. The summed E-state index contributed by atoms with van der Waals surface area (Å²) in [6.07, 6.45) is -1.03. The SMILES string of the molecule is CCC(C)(C)CNC1CCC(C(F)(F)F)CC1. The maximum atomic E-state index is 12.5. The molecule has 102 valence electrons. The lowest BCUT2D eigenvalue weighted by Crippen LogP contribution is -2.40. The van der Waals surface area contributed by atoms with E-state index in [0.29, 0.717) is 12.8 Å². The molecule has 1 saturated carbocycles. The molecule has 4 heteroatoms. The van der Waals surface area contributed by atoms with Gasteiger partial charge in [-0.25, -0.2) is 0 Å². The smallest absolute Gasteiger partial charge is 0.313 e. The molecule has 0 aromatic rings. The quantitative estimate of drug-likeness (QED) is 0.792. The summed E-state index contributed by atoms with van der Waals surface area (Å²) < 4.78 is 37.4. The van der Waals surface area contributed by atoms with Crippen LogP contribution in [0.15, 0.2) is 0 Å². The summed E-state index contributed by atoms with van der Waals surface area (Å²) in [6.45, 7) is 7.40. The average Bonchev–Trinajstić information content (AvgIpc) is 2.26. The normalized spacial score (nSPS) is 27.2. The molecule has 0 amide bonds. The van der Waals surface area contributed by atoms with E-state index in [1.54, 1.807) is 0 Å². The van der Waals surface area contributed by atoms with Gasteiger partial charge in [0.1, 0.15) is 0 Å². The second-order valence-corrected chi connectivity index (χ2v) is 5.99. The Morgan fingerprint density at radius 2 is 1.59 bits per heavy atom. The predicted molar refractivity (Wildman–Crippen MR) is 63.9 cm³/mol. The third-order valence-corrected chi connectivity index (χ3v) is 4.02. The summed E-state index contributed by atoms with van der Waals surface area (Å²) >= 11 is 0. The highest BCUT2D eigenvalue weighted by molar-refractivity contribution is 4.82. The fraction of sp³-hybridized carbons (Fsp3) is 1.00. The molecule has 17 heavy (non-hydrogen) atoms. The highest BCUT2D eigenvalue weighted by Gasteiger charge is 2.41. The fourth-order valence-electron chi connectivity index (χ4n) is 2.17. The Morgan fingerprint density at radius 1 is 1.06 bits per heavy atom. The molecule has 0 aromatic heterocycles. The van der Waals surface area contributed by atoms with Gasteiger partial charge in [0.25, 0.3) is 0 Å². The lowest BCUT2D eigenvalue weighted by atomic mass is 9.84. The van der Waals surface area contributed by atoms with Crippen LogP contribution in [0, 0.1) is 11.3 Å². The molecule has 0 spiro atoms. The van der Waals surface area contributed by atoms with E-state index < -0.39 is 12.1 Å². The molecular formula is C13H24F3N. The van der Waals surface area contributed by atoms with Crippen LogP contribution in [0.1, 0.15) is 52.9 Å². The predicted octanol–water partition coefficient (Wildman–Crippen LogP) is 4.13. The van der Waals surface area contributed by atoms with E-state index in [9.17, 15) is 13.2 Å². The van der Waals surface area contributed by atoms with Crippen molar-refractivity contribution in [2.24, 2.45) is 11.3 Å². The molecule has 1 N–H and O–H groups in total. The molecule has 0 radical (unpaired) electrons. The molecule has 1 aliphatic rings. The largest absolute Gasteiger partial charge is 0.391 e. The van der Waals surface area contributed by atoms with Crippen molar-refractivity contribution in [3.8, 4) is 0 Å². The monoisotopic (exact) mass is 251 g/mol. The average molecular weight is 251 g/mol. The Kier molecular flexibility index (Phi) is 4.87. The maximum Gasteiger partial charge on any atom is 0.391 e.